The number of ether oxygens (including phenoxy) is 4. The Bertz CT molecular complexity index is 1100. The van der Waals surface area contributed by atoms with E-state index in [1.54, 1.807) is 48.9 Å². The van der Waals surface area contributed by atoms with E-state index in [0.29, 0.717) is 39.8 Å². The summed E-state index contributed by atoms with van der Waals surface area (Å²) in [6, 6.07) is 8.55. The molecule has 0 bridgehead atoms. The Balaban J connectivity index is 2.22. The van der Waals surface area contributed by atoms with Gasteiger partial charge in [-0.05, 0) is 23.8 Å². The van der Waals surface area contributed by atoms with Gasteiger partial charge >= 0.3 is 0 Å². The molecule has 0 fully saturated rings. The van der Waals surface area contributed by atoms with Gasteiger partial charge in [0.1, 0.15) is 42.6 Å². The maximum absolute atomic E-state index is 12.9. The number of benzene rings is 2. The van der Waals surface area contributed by atoms with E-state index in [4.69, 9.17) is 18.9 Å². The molecule has 0 saturated heterocycles. The largest absolute Gasteiger partial charge is 0.496 e. The van der Waals surface area contributed by atoms with Crippen molar-refractivity contribution >= 4 is 28.5 Å². The fourth-order valence-corrected chi connectivity index (χ4v) is 5.09. The lowest BCUT2D eigenvalue weighted by Crippen LogP contribution is -2.56. The van der Waals surface area contributed by atoms with Gasteiger partial charge in [0.2, 0.25) is 0 Å². The van der Waals surface area contributed by atoms with E-state index >= 15 is 0 Å². The van der Waals surface area contributed by atoms with E-state index in [0.717, 1.165) is 0 Å². The Morgan fingerprint density at radius 3 is 1.92 bits per heavy atom. The minimum atomic E-state index is -1.42. The van der Waals surface area contributed by atoms with Gasteiger partial charge < -0.3 is 44.1 Å². The fraction of sp³-hybridized carbons (Fsp3) is 0.444. The van der Waals surface area contributed by atoms with Crippen LogP contribution in [0.15, 0.2) is 35.7 Å². The van der Waals surface area contributed by atoms with Gasteiger partial charge in [0.05, 0.1) is 76.1 Å². The first-order valence-electron chi connectivity index (χ1n) is 12.3. The number of hydrogen-bond acceptors (Lipinski definition) is 9. The number of carbonyl (C=O) groups is 1. The molecule has 1 atom stereocenters. The molecule has 0 aliphatic heterocycles. The maximum atomic E-state index is 12.9. The van der Waals surface area contributed by atoms with Crippen LogP contribution in [0.5, 0.6) is 23.0 Å². The highest BCUT2D eigenvalue weighted by atomic mass is 32.2. The number of nitrogens with one attached hydrogen (secondary N) is 1. The van der Waals surface area contributed by atoms with Crippen LogP contribution in [0.4, 0.5) is 5.69 Å². The maximum Gasteiger partial charge on any atom is 0.279 e. The van der Waals surface area contributed by atoms with Crippen molar-refractivity contribution < 1.29 is 47.8 Å². The van der Waals surface area contributed by atoms with Gasteiger partial charge in [-0.1, -0.05) is 6.07 Å². The second-order valence-corrected chi connectivity index (χ2v) is 10.0. The standard InChI is InChI=1S/C27H38N2O9S/c1-35-21-16-25(37-3)22(26(17-21)38-4)7-14-39(34)19-20-5-6-24(36-2)23(15-20)28-27(33)18-29(8-11-30,9-12-31)10-13-32/h5-7,14-17,30-32H,8-13,18-19H2,1-4H3/p+1. The van der Waals surface area contributed by atoms with Gasteiger partial charge in [-0.3, -0.25) is 9.00 Å². The van der Waals surface area contributed by atoms with Crippen LogP contribution >= 0.6 is 0 Å². The van der Waals surface area contributed by atoms with E-state index < -0.39 is 10.8 Å². The second kappa shape index (κ2) is 16.1. The highest BCUT2D eigenvalue weighted by Gasteiger charge is 2.29. The summed E-state index contributed by atoms with van der Waals surface area (Å²) >= 11 is 0. The van der Waals surface area contributed by atoms with Crippen molar-refractivity contribution in [2.75, 3.05) is 79.8 Å². The van der Waals surface area contributed by atoms with E-state index in [9.17, 15) is 24.3 Å². The topological polar surface area (TPSA) is 144 Å². The van der Waals surface area contributed by atoms with Crippen LogP contribution in [0.2, 0.25) is 0 Å². The van der Waals surface area contributed by atoms with Gasteiger partial charge in [-0.15, -0.1) is 0 Å². The van der Waals surface area contributed by atoms with Crippen LogP contribution in [0, 0.1) is 0 Å². The van der Waals surface area contributed by atoms with Gasteiger partial charge in [0.15, 0.2) is 6.54 Å². The molecule has 12 heteroatoms. The van der Waals surface area contributed by atoms with Gasteiger partial charge in [0, 0.05) is 17.5 Å². The summed E-state index contributed by atoms with van der Waals surface area (Å²) in [4.78, 5) is 12.9. The molecule has 2 rings (SSSR count). The Labute approximate surface area is 231 Å². The van der Waals surface area contributed by atoms with Crippen LogP contribution in [0.3, 0.4) is 0 Å². The summed E-state index contributed by atoms with van der Waals surface area (Å²) in [5.41, 5.74) is 1.71. The summed E-state index contributed by atoms with van der Waals surface area (Å²) in [6.45, 7) is -0.0171. The third-order valence-corrected chi connectivity index (χ3v) is 7.25. The number of hydrogen-bond donors (Lipinski definition) is 4. The smallest absolute Gasteiger partial charge is 0.279 e. The number of aliphatic hydroxyl groups is 3. The monoisotopic (exact) mass is 567 g/mol. The molecule has 0 aliphatic carbocycles. The molecule has 216 valence electrons. The van der Waals surface area contributed by atoms with Crippen LogP contribution in [-0.2, 0) is 21.3 Å². The fourth-order valence-electron chi connectivity index (χ4n) is 4.20. The van der Waals surface area contributed by atoms with E-state index in [2.05, 4.69) is 5.32 Å². The van der Waals surface area contributed by atoms with Crippen LogP contribution in [0.25, 0.3) is 6.08 Å². The number of rotatable bonds is 17. The van der Waals surface area contributed by atoms with Gasteiger partial charge in [0.25, 0.3) is 5.91 Å². The molecule has 0 aromatic heterocycles. The predicted molar refractivity (Wildman–Crippen MR) is 150 cm³/mol. The zero-order valence-electron chi connectivity index (χ0n) is 22.8. The molecule has 0 aliphatic rings. The molecule has 0 spiro atoms. The minimum absolute atomic E-state index is 0.0322. The number of nitrogens with zero attached hydrogens (tertiary/aromatic N) is 1. The summed E-state index contributed by atoms with van der Waals surface area (Å²) in [5.74, 6) is 1.80. The highest BCUT2D eigenvalue weighted by Crippen LogP contribution is 2.35. The number of carbonyl (C=O) groups excluding carboxylic acids is 1. The summed E-state index contributed by atoms with van der Waals surface area (Å²) < 4.78 is 34.5. The third kappa shape index (κ3) is 9.22. The molecule has 39 heavy (non-hydrogen) atoms. The SMILES string of the molecule is COc1cc(OC)c(C=CS(=O)Cc2ccc(OC)c(NC(=O)C[N+](CCO)(CCO)CCO)c2)c(OC)c1. The van der Waals surface area contributed by atoms with Crippen molar-refractivity contribution in [1.29, 1.82) is 0 Å². The molecular weight excluding hydrogens is 528 g/mol. The zero-order chi connectivity index (χ0) is 28.8. The lowest BCUT2D eigenvalue weighted by atomic mass is 10.1. The van der Waals surface area contributed by atoms with E-state index in [1.165, 1.54) is 21.3 Å². The summed E-state index contributed by atoms with van der Waals surface area (Å²) in [6.07, 6.45) is 1.67. The van der Waals surface area contributed by atoms with Crippen molar-refractivity contribution in [1.82, 2.24) is 0 Å². The van der Waals surface area contributed by atoms with Crippen molar-refractivity contribution in [3.8, 4) is 23.0 Å². The van der Waals surface area contributed by atoms with Crippen LogP contribution in [-0.4, -0.2) is 104 Å². The molecule has 0 heterocycles. The molecule has 1 amide bonds. The van der Waals surface area contributed by atoms with E-state index in [1.807, 2.05) is 0 Å². The molecule has 2 aromatic rings. The lowest BCUT2D eigenvalue weighted by Gasteiger charge is -2.36. The van der Waals surface area contributed by atoms with Gasteiger partial charge in [-0.25, -0.2) is 0 Å². The Morgan fingerprint density at radius 2 is 1.44 bits per heavy atom. The first-order valence-corrected chi connectivity index (χ1v) is 13.7. The number of anilines is 1. The molecule has 11 nitrogen and oxygen atoms in total. The lowest BCUT2D eigenvalue weighted by molar-refractivity contribution is -0.921. The van der Waals surface area contributed by atoms with Crippen molar-refractivity contribution in [2.45, 2.75) is 5.75 Å². The zero-order valence-corrected chi connectivity index (χ0v) is 23.7. The highest BCUT2D eigenvalue weighted by molar-refractivity contribution is 7.87. The van der Waals surface area contributed by atoms with Crippen molar-refractivity contribution in [2.24, 2.45) is 0 Å². The second-order valence-electron chi connectivity index (χ2n) is 8.70. The third-order valence-electron chi connectivity index (χ3n) is 6.19. The average molecular weight is 568 g/mol. The predicted octanol–water partition coefficient (Wildman–Crippen LogP) is 1.37. The van der Waals surface area contributed by atoms with Crippen molar-refractivity contribution in [3.05, 3.63) is 46.9 Å². The van der Waals surface area contributed by atoms with Crippen LogP contribution < -0.4 is 24.3 Å². The normalized spacial score (nSPS) is 12.3. The molecule has 0 radical (unpaired) electrons. The molecule has 1 unspecified atom stereocenters. The Kier molecular flexibility index (Phi) is 13.2. The minimum Gasteiger partial charge on any atom is -0.496 e. The van der Waals surface area contributed by atoms with Gasteiger partial charge in [-0.2, -0.15) is 0 Å². The number of aliphatic hydroxyl groups excluding tert-OH is 3. The number of methoxy groups -OCH3 is 4. The Hall–Kier alpha value is -3.16. The number of quaternary nitrogens is 1. The first-order chi connectivity index (χ1) is 18.8. The quantitative estimate of drug-likeness (QED) is 0.208. The van der Waals surface area contributed by atoms with Crippen LogP contribution in [0.1, 0.15) is 11.1 Å². The van der Waals surface area contributed by atoms with E-state index in [-0.39, 0.29) is 62.1 Å². The average Bonchev–Trinajstić information content (AvgIpc) is 2.91. The molecule has 0 saturated carbocycles. The molecule has 2 aromatic carbocycles. The first kappa shape index (κ1) is 32.1. The van der Waals surface area contributed by atoms with Crippen molar-refractivity contribution in [3.63, 3.8) is 0 Å². The number of amides is 1. The summed E-state index contributed by atoms with van der Waals surface area (Å²) in [5, 5.41) is 32.8. The Morgan fingerprint density at radius 1 is 0.872 bits per heavy atom. The molecule has 4 N–H and O–H groups in total. The summed E-state index contributed by atoms with van der Waals surface area (Å²) in [7, 11) is 4.65. The molecular formula is C27H39N2O9S+.